The molecule has 31 heavy (non-hydrogen) atoms. The molecule has 1 aromatic carbocycles. The standard InChI is InChI=1S/C18H24ClN9O2S/c1-28(23)18(30)31-11-7-5-10(6-8-11)4-2-3-9-24-17(22)27-16(29)12-14(20)26-15(21)13(19)25-12/h5-8H,2-4,9,23H2,1H3,(H4,20,21,26)(H3,22,24,27,29). The molecule has 11 nitrogen and oxygen atoms in total. The maximum atomic E-state index is 12.2. The lowest BCUT2D eigenvalue weighted by Gasteiger charge is -2.09. The lowest BCUT2D eigenvalue weighted by Crippen LogP contribution is -2.38. The Bertz CT molecular complexity index is 967. The van der Waals surface area contributed by atoms with Gasteiger partial charge in [0, 0.05) is 18.5 Å². The number of hydrazine groups is 1. The Morgan fingerprint density at radius 2 is 1.84 bits per heavy atom. The minimum absolute atomic E-state index is 0.0601. The number of nitrogen functional groups attached to an aromatic ring is 2. The van der Waals surface area contributed by atoms with Gasteiger partial charge in [0.1, 0.15) is 0 Å². The van der Waals surface area contributed by atoms with Crippen molar-refractivity contribution in [2.75, 3.05) is 25.1 Å². The van der Waals surface area contributed by atoms with E-state index >= 15 is 0 Å². The van der Waals surface area contributed by atoms with E-state index < -0.39 is 5.91 Å². The number of rotatable bonds is 7. The summed E-state index contributed by atoms with van der Waals surface area (Å²) in [7, 11) is 1.50. The molecule has 1 aromatic heterocycles. The molecule has 2 amide bonds. The van der Waals surface area contributed by atoms with E-state index in [4.69, 9.17) is 34.6 Å². The quantitative estimate of drug-likeness (QED) is 0.0763. The van der Waals surface area contributed by atoms with E-state index in [-0.39, 0.29) is 33.7 Å². The van der Waals surface area contributed by atoms with Crippen LogP contribution >= 0.6 is 23.4 Å². The monoisotopic (exact) mass is 465 g/mol. The Morgan fingerprint density at radius 1 is 1.16 bits per heavy atom. The van der Waals surface area contributed by atoms with Crippen LogP contribution in [0.3, 0.4) is 0 Å². The Labute approximate surface area is 188 Å². The van der Waals surface area contributed by atoms with Crippen LogP contribution < -0.4 is 28.4 Å². The van der Waals surface area contributed by atoms with Crippen molar-refractivity contribution in [1.82, 2.24) is 20.3 Å². The number of carbonyl (C=O) groups excluding carboxylic acids is 2. The van der Waals surface area contributed by atoms with E-state index in [2.05, 4.69) is 20.3 Å². The summed E-state index contributed by atoms with van der Waals surface area (Å²) in [5, 5.41) is 3.07. The largest absolute Gasteiger partial charge is 0.382 e. The van der Waals surface area contributed by atoms with Gasteiger partial charge < -0.3 is 17.2 Å². The molecule has 1 heterocycles. The normalized spacial score (nSPS) is 11.3. The van der Waals surface area contributed by atoms with Crippen LogP contribution in [-0.4, -0.2) is 45.7 Å². The Hall–Kier alpha value is -3.09. The van der Waals surface area contributed by atoms with E-state index in [9.17, 15) is 9.59 Å². The molecule has 0 spiro atoms. The van der Waals surface area contributed by atoms with Gasteiger partial charge in [-0.05, 0) is 48.7 Å². The average molecular weight is 466 g/mol. The molecule has 0 aliphatic heterocycles. The zero-order valence-corrected chi connectivity index (χ0v) is 18.4. The molecule has 0 aliphatic carbocycles. The smallest absolute Gasteiger partial charge is 0.300 e. The number of thioether (sulfide) groups is 1. The highest BCUT2D eigenvalue weighted by Gasteiger charge is 2.16. The maximum absolute atomic E-state index is 12.2. The number of nitrogens with zero attached hydrogens (tertiary/aromatic N) is 4. The minimum atomic E-state index is -0.676. The predicted octanol–water partition coefficient (Wildman–Crippen LogP) is 1.38. The van der Waals surface area contributed by atoms with Crippen molar-refractivity contribution in [3.63, 3.8) is 0 Å². The van der Waals surface area contributed by atoms with Crippen molar-refractivity contribution >= 4 is 52.1 Å². The molecule has 0 fully saturated rings. The number of aromatic nitrogens is 2. The third-order valence-electron chi connectivity index (χ3n) is 3.93. The van der Waals surface area contributed by atoms with E-state index in [0.717, 1.165) is 46.5 Å². The highest BCUT2D eigenvalue weighted by atomic mass is 35.5. The first kappa shape index (κ1) is 24.2. The minimum Gasteiger partial charge on any atom is -0.382 e. The van der Waals surface area contributed by atoms with Gasteiger partial charge in [0.05, 0.1) is 0 Å². The van der Waals surface area contributed by atoms with Crippen LogP contribution in [0.1, 0.15) is 28.9 Å². The molecular formula is C18H24ClN9O2S. The molecule has 0 radical (unpaired) electrons. The number of unbranched alkanes of at least 4 members (excludes halogenated alkanes) is 1. The number of aliphatic imine (C=N–C) groups is 1. The van der Waals surface area contributed by atoms with Gasteiger partial charge in [0.25, 0.3) is 11.1 Å². The summed E-state index contributed by atoms with van der Waals surface area (Å²) in [5.41, 5.74) is 17.8. The van der Waals surface area contributed by atoms with Gasteiger partial charge >= 0.3 is 0 Å². The fraction of sp³-hybridized carbons (Fsp3) is 0.278. The van der Waals surface area contributed by atoms with E-state index in [1.807, 2.05) is 24.3 Å². The van der Waals surface area contributed by atoms with Crippen molar-refractivity contribution in [3.05, 3.63) is 40.7 Å². The van der Waals surface area contributed by atoms with Crippen LogP contribution in [0.4, 0.5) is 16.4 Å². The number of guanidine groups is 1. The van der Waals surface area contributed by atoms with Gasteiger partial charge in [-0.25, -0.2) is 15.8 Å². The summed E-state index contributed by atoms with van der Waals surface area (Å²) in [6.45, 7) is 0.432. The molecule has 0 aliphatic rings. The SMILES string of the molecule is CN(N)C(=O)Sc1ccc(CCCCN=C(N)NC(=O)c2nc(Cl)c(N)nc2N)cc1. The van der Waals surface area contributed by atoms with E-state index in [1.165, 1.54) is 7.05 Å². The van der Waals surface area contributed by atoms with Crippen molar-refractivity contribution in [3.8, 4) is 0 Å². The van der Waals surface area contributed by atoms with Gasteiger partial charge in [0.15, 0.2) is 28.4 Å². The summed E-state index contributed by atoms with van der Waals surface area (Å²) >= 11 is 6.83. The van der Waals surface area contributed by atoms with Gasteiger partial charge in [0.2, 0.25) is 0 Å². The van der Waals surface area contributed by atoms with Crippen LogP contribution in [0, 0.1) is 0 Å². The molecule has 2 rings (SSSR count). The highest BCUT2D eigenvalue weighted by Crippen LogP contribution is 2.21. The highest BCUT2D eigenvalue weighted by molar-refractivity contribution is 8.13. The van der Waals surface area contributed by atoms with Crippen LogP contribution in [0.2, 0.25) is 5.15 Å². The number of nitrogens with one attached hydrogen (secondary N) is 1. The summed E-state index contributed by atoms with van der Waals surface area (Å²) in [4.78, 5) is 36.2. The zero-order chi connectivity index (χ0) is 23.0. The van der Waals surface area contributed by atoms with Gasteiger partial charge in [-0.3, -0.25) is 24.9 Å². The van der Waals surface area contributed by atoms with Gasteiger partial charge in [-0.2, -0.15) is 0 Å². The van der Waals surface area contributed by atoms with Crippen LogP contribution in [0.5, 0.6) is 0 Å². The molecule has 0 bridgehead atoms. The first-order valence-corrected chi connectivity index (χ1v) is 10.4. The fourth-order valence-corrected chi connectivity index (χ4v) is 3.11. The van der Waals surface area contributed by atoms with Crippen LogP contribution in [-0.2, 0) is 6.42 Å². The fourth-order valence-electron chi connectivity index (χ4n) is 2.36. The summed E-state index contributed by atoms with van der Waals surface area (Å²) in [6.07, 6.45) is 2.47. The number of benzene rings is 1. The van der Waals surface area contributed by atoms with Crippen molar-refractivity contribution in [2.24, 2.45) is 16.6 Å². The number of hydrogen-bond acceptors (Lipinski definition) is 9. The van der Waals surface area contributed by atoms with Crippen LogP contribution in [0.15, 0.2) is 34.2 Å². The van der Waals surface area contributed by atoms with Crippen molar-refractivity contribution < 1.29 is 9.59 Å². The second kappa shape index (κ2) is 11.3. The average Bonchev–Trinajstić information content (AvgIpc) is 2.71. The Balaban J connectivity index is 1.75. The third-order valence-corrected chi connectivity index (χ3v) is 5.18. The number of amides is 2. The molecule has 0 saturated carbocycles. The third kappa shape index (κ3) is 7.59. The molecule has 13 heteroatoms. The molecular weight excluding hydrogens is 442 g/mol. The first-order chi connectivity index (χ1) is 14.7. The molecule has 9 N–H and O–H groups in total. The summed E-state index contributed by atoms with van der Waals surface area (Å²) in [6, 6.07) is 7.69. The number of hydrogen-bond donors (Lipinski definition) is 5. The molecule has 166 valence electrons. The van der Waals surface area contributed by atoms with Crippen molar-refractivity contribution in [1.29, 1.82) is 0 Å². The van der Waals surface area contributed by atoms with Crippen LogP contribution in [0.25, 0.3) is 0 Å². The number of anilines is 2. The lowest BCUT2D eigenvalue weighted by atomic mass is 10.1. The Morgan fingerprint density at radius 3 is 2.48 bits per heavy atom. The number of aryl methyl sites for hydroxylation is 1. The number of halogens is 1. The molecule has 0 unspecified atom stereocenters. The number of carbonyl (C=O) groups is 2. The summed E-state index contributed by atoms with van der Waals surface area (Å²) in [5.74, 6) is 4.44. The van der Waals surface area contributed by atoms with Gasteiger partial charge in [-0.15, -0.1) is 0 Å². The topological polar surface area (TPSA) is 192 Å². The lowest BCUT2D eigenvalue weighted by molar-refractivity contribution is 0.0972. The van der Waals surface area contributed by atoms with E-state index in [1.54, 1.807) is 0 Å². The summed E-state index contributed by atoms with van der Waals surface area (Å²) < 4.78 is 0. The van der Waals surface area contributed by atoms with Gasteiger partial charge in [-0.1, -0.05) is 23.7 Å². The Kier molecular flexibility index (Phi) is 8.85. The second-order valence-electron chi connectivity index (χ2n) is 6.43. The number of nitrogens with two attached hydrogens (primary N) is 4. The first-order valence-electron chi connectivity index (χ1n) is 9.16. The second-order valence-corrected chi connectivity index (χ2v) is 7.82. The van der Waals surface area contributed by atoms with Crippen molar-refractivity contribution in [2.45, 2.75) is 24.2 Å². The molecule has 0 saturated heterocycles. The zero-order valence-electron chi connectivity index (χ0n) is 16.8. The van der Waals surface area contributed by atoms with E-state index in [0.29, 0.717) is 6.54 Å². The maximum Gasteiger partial charge on any atom is 0.300 e. The predicted molar refractivity (Wildman–Crippen MR) is 122 cm³/mol. The molecule has 0 atom stereocenters. The molecule has 2 aromatic rings.